The molecule has 0 heterocycles. The minimum Gasteiger partial charge on any atom is -0.119 e. The lowest BCUT2D eigenvalue weighted by molar-refractivity contribution is 0.613. The standard InChI is InChI=1S/C16H31B/c1-4-7-9-10-12-14-15(16(17)6-3)13-11-8-5-2/h4-14H2,1-3H3/b16-15+. The van der Waals surface area contributed by atoms with Crippen LogP contribution in [0.2, 0.25) is 0 Å². The molecular weight excluding hydrogens is 203 g/mol. The summed E-state index contributed by atoms with van der Waals surface area (Å²) in [4.78, 5) is 0. The van der Waals surface area contributed by atoms with Gasteiger partial charge in [-0.3, -0.25) is 0 Å². The van der Waals surface area contributed by atoms with E-state index >= 15 is 0 Å². The molecule has 0 atom stereocenters. The van der Waals surface area contributed by atoms with Gasteiger partial charge in [-0.2, -0.15) is 0 Å². The van der Waals surface area contributed by atoms with Crippen LogP contribution < -0.4 is 0 Å². The smallest absolute Gasteiger partial charge is 0.107 e. The zero-order valence-electron chi connectivity index (χ0n) is 12.4. The zero-order chi connectivity index (χ0) is 12.9. The number of rotatable bonds is 11. The molecule has 0 rings (SSSR count). The van der Waals surface area contributed by atoms with Crippen LogP contribution in [0.3, 0.4) is 0 Å². The van der Waals surface area contributed by atoms with Crippen molar-refractivity contribution >= 4 is 7.85 Å². The van der Waals surface area contributed by atoms with Gasteiger partial charge in [-0.15, -0.1) is 5.47 Å². The Labute approximate surface area is 111 Å². The second-order valence-corrected chi connectivity index (χ2v) is 5.10. The van der Waals surface area contributed by atoms with E-state index in [4.69, 9.17) is 7.85 Å². The van der Waals surface area contributed by atoms with Crippen LogP contribution in [-0.2, 0) is 0 Å². The molecule has 0 aromatic heterocycles. The van der Waals surface area contributed by atoms with Crippen LogP contribution in [0.4, 0.5) is 0 Å². The summed E-state index contributed by atoms with van der Waals surface area (Å²) >= 11 is 0. The van der Waals surface area contributed by atoms with Crippen molar-refractivity contribution in [1.82, 2.24) is 0 Å². The van der Waals surface area contributed by atoms with Crippen molar-refractivity contribution in [3.05, 3.63) is 11.0 Å². The molecule has 17 heavy (non-hydrogen) atoms. The van der Waals surface area contributed by atoms with Crippen molar-refractivity contribution in [2.75, 3.05) is 0 Å². The van der Waals surface area contributed by atoms with Gasteiger partial charge in [0, 0.05) is 0 Å². The first-order valence-corrected chi connectivity index (χ1v) is 7.72. The first kappa shape index (κ1) is 16.8. The van der Waals surface area contributed by atoms with E-state index in [1.165, 1.54) is 64.2 Å². The normalized spacial score (nSPS) is 12.6. The molecule has 2 radical (unpaired) electrons. The Morgan fingerprint density at radius 3 is 1.71 bits per heavy atom. The summed E-state index contributed by atoms with van der Waals surface area (Å²) in [5.74, 6) is 0. The third-order valence-corrected chi connectivity index (χ3v) is 3.50. The van der Waals surface area contributed by atoms with Gasteiger partial charge in [-0.1, -0.05) is 64.9 Å². The van der Waals surface area contributed by atoms with Crippen molar-refractivity contribution in [2.24, 2.45) is 0 Å². The van der Waals surface area contributed by atoms with Crippen LogP contribution >= 0.6 is 0 Å². The Hall–Kier alpha value is -0.195. The molecule has 0 aromatic carbocycles. The highest BCUT2D eigenvalue weighted by Gasteiger charge is 2.01. The topological polar surface area (TPSA) is 0 Å². The Kier molecular flexibility index (Phi) is 12.1. The van der Waals surface area contributed by atoms with Crippen molar-refractivity contribution in [3.63, 3.8) is 0 Å². The fourth-order valence-electron chi connectivity index (χ4n) is 2.23. The second-order valence-electron chi connectivity index (χ2n) is 5.10. The molecule has 0 bridgehead atoms. The molecule has 0 saturated heterocycles. The predicted octanol–water partition coefficient (Wildman–Crippen LogP) is 5.76. The van der Waals surface area contributed by atoms with Crippen LogP contribution in [0.5, 0.6) is 0 Å². The molecule has 0 N–H and O–H groups in total. The van der Waals surface area contributed by atoms with Crippen molar-refractivity contribution in [1.29, 1.82) is 0 Å². The highest BCUT2D eigenvalue weighted by atomic mass is 14.1. The lowest BCUT2D eigenvalue weighted by Crippen LogP contribution is -1.93. The maximum absolute atomic E-state index is 6.12. The third-order valence-electron chi connectivity index (χ3n) is 3.50. The van der Waals surface area contributed by atoms with Gasteiger partial charge in [0.15, 0.2) is 0 Å². The van der Waals surface area contributed by atoms with E-state index in [1.807, 2.05) is 0 Å². The molecule has 0 amide bonds. The molecule has 0 aliphatic carbocycles. The van der Waals surface area contributed by atoms with Crippen LogP contribution in [-0.4, -0.2) is 7.85 Å². The van der Waals surface area contributed by atoms with Gasteiger partial charge in [0.25, 0.3) is 0 Å². The maximum Gasteiger partial charge on any atom is 0.107 e. The van der Waals surface area contributed by atoms with E-state index in [9.17, 15) is 0 Å². The Morgan fingerprint density at radius 2 is 1.18 bits per heavy atom. The lowest BCUT2D eigenvalue weighted by Gasteiger charge is -2.12. The fourth-order valence-corrected chi connectivity index (χ4v) is 2.23. The molecule has 0 nitrogen and oxygen atoms in total. The molecule has 0 aromatic rings. The van der Waals surface area contributed by atoms with Crippen molar-refractivity contribution < 1.29 is 0 Å². The summed E-state index contributed by atoms with van der Waals surface area (Å²) in [6, 6.07) is 0. The van der Waals surface area contributed by atoms with Crippen LogP contribution in [0.25, 0.3) is 0 Å². The molecule has 0 aliphatic rings. The summed E-state index contributed by atoms with van der Waals surface area (Å²) in [6.45, 7) is 6.70. The zero-order valence-corrected chi connectivity index (χ0v) is 12.4. The number of allylic oxidation sites excluding steroid dienone is 2. The van der Waals surface area contributed by atoms with Gasteiger partial charge in [0.2, 0.25) is 0 Å². The summed E-state index contributed by atoms with van der Waals surface area (Å²) in [5.41, 5.74) is 2.72. The van der Waals surface area contributed by atoms with E-state index in [1.54, 1.807) is 5.57 Å². The van der Waals surface area contributed by atoms with E-state index in [-0.39, 0.29) is 0 Å². The van der Waals surface area contributed by atoms with Gasteiger partial charge >= 0.3 is 0 Å². The lowest BCUT2D eigenvalue weighted by atomic mass is 9.83. The van der Waals surface area contributed by atoms with E-state index < -0.39 is 0 Å². The molecular formula is C16H31B. The van der Waals surface area contributed by atoms with Gasteiger partial charge in [-0.25, -0.2) is 0 Å². The van der Waals surface area contributed by atoms with Gasteiger partial charge in [0.05, 0.1) is 0 Å². The van der Waals surface area contributed by atoms with Gasteiger partial charge < -0.3 is 0 Å². The Bertz CT molecular complexity index is 194. The van der Waals surface area contributed by atoms with Gasteiger partial charge in [0.1, 0.15) is 7.85 Å². The van der Waals surface area contributed by atoms with E-state index in [0.717, 1.165) is 11.9 Å². The van der Waals surface area contributed by atoms with Crippen LogP contribution in [0.1, 0.15) is 91.4 Å². The molecule has 0 unspecified atom stereocenters. The minimum atomic E-state index is 1.02. The highest BCUT2D eigenvalue weighted by Crippen LogP contribution is 2.21. The largest absolute Gasteiger partial charge is 0.119 e. The molecule has 0 spiro atoms. The molecule has 0 aliphatic heterocycles. The number of hydrogen-bond acceptors (Lipinski definition) is 0. The fraction of sp³-hybridized carbons (Fsp3) is 0.875. The summed E-state index contributed by atoms with van der Waals surface area (Å²) in [7, 11) is 6.12. The van der Waals surface area contributed by atoms with E-state index in [0.29, 0.717) is 0 Å². The molecule has 0 saturated carbocycles. The highest BCUT2D eigenvalue weighted by molar-refractivity contribution is 6.21. The predicted molar refractivity (Wildman–Crippen MR) is 80.6 cm³/mol. The van der Waals surface area contributed by atoms with Crippen LogP contribution in [0.15, 0.2) is 11.0 Å². The average Bonchev–Trinajstić information content (AvgIpc) is 2.35. The first-order chi connectivity index (χ1) is 8.26. The summed E-state index contributed by atoms with van der Waals surface area (Å²) in [6.07, 6.45) is 14.3. The summed E-state index contributed by atoms with van der Waals surface area (Å²) < 4.78 is 0. The Balaban J connectivity index is 3.87. The van der Waals surface area contributed by atoms with E-state index in [2.05, 4.69) is 20.8 Å². The maximum atomic E-state index is 6.12. The Morgan fingerprint density at radius 1 is 0.706 bits per heavy atom. The quantitative estimate of drug-likeness (QED) is 0.315. The average molecular weight is 234 g/mol. The third kappa shape index (κ3) is 9.50. The van der Waals surface area contributed by atoms with Crippen LogP contribution in [0, 0.1) is 0 Å². The minimum absolute atomic E-state index is 1.02. The molecule has 0 fully saturated rings. The molecule has 98 valence electrons. The monoisotopic (exact) mass is 234 g/mol. The number of hydrogen-bond donors (Lipinski definition) is 0. The molecule has 1 heteroatoms. The van der Waals surface area contributed by atoms with Crippen molar-refractivity contribution in [3.8, 4) is 0 Å². The van der Waals surface area contributed by atoms with Crippen molar-refractivity contribution in [2.45, 2.75) is 91.4 Å². The SMILES string of the molecule is [B]/C(CC)=C(\CCCCC)CCCCCCC. The van der Waals surface area contributed by atoms with Gasteiger partial charge in [-0.05, 0) is 32.1 Å². The first-order valence-electron chi connectivity index (χ1n) is 7.72. The second kappa shape index (κ2) is 12.3. The summed E-state index contributed by atoms with van der Waals surface area (Å²) in [5, 5.41) is 0. The number of unbranched alkanes of at least 4 members (excludes halogenated alkanes) is 6.